The predicted octanol–water partition coefficient (Wildman–Crippen LogP) is 4.94. The fourth-order valence-electron chi connectivity index (χ4n) is 5.02. The lowest BCUT2D eigenvalue weighted by Gasteiger charge is -2.28. The van der Waals surface area contributed by atoms with Crippen LogP contribution in [0.3, 0.4) is 0 Å². The third kappa shape index (κ3) is 3.74. The number of hydrogen-bond acceptors (Lipinski definition) is 3. The maximum atomic E-state index is 12.1. The Labute approximate surface area is 168 Å². The second-order valence-electron chi connectivity index (χ2n) is 8.35. The highest BCUT2D eigenvalue weighted by Crippen LogP contribution is 2.48. The van der Waals surface area contributed by atoms with E-state index in [4.69, 9.17) is 4.74 Å². The van der Waals surface area contributed by atoms with Gasteiger partial charge in [0.2, 0.25) is 11.8 Å². The average molecular weight is 384 g/mol. The molecule has 1 fully saturated rings. The van der Waals surface area contributed by atoms with Crippen LogP contribution in [0.25, 0.3) is 5.57 Å². The molecule has 1 N–H and O–H groups in total. The lowest BCUT2D eigenvalue weighted by atomic mass is 9.74. The molecule has 0 radical (unpaired) electrons. The molecule has 28 heavy (non-hydrogen) atoms. The van der Waals surface area contributed by atoms with Crippen molar-refractivity contribution in [1.29, 1.82) is 0 Å². The first kappa shape index (κ1) is 20.6. The molecular weight excluding hydrogens is 350 g/mol. The standard InChI is InChI=1S/C24H33NO3/c1-5-12-24(13-6-2)15-28-22-18(7-3)19(9-10-20(22)24)16(4)14-17-8-11-21(26)25-23(17)27/h9-10,17H,4-8,11-15H2,1-3H3,(H,25,26,27). The minimum absolute atomic E-state index is 0.131. The van der Waals surface area contributed by atoms with E-state index in [2.05, 4.69) is 44.8 Å². The Morgan fingerprint density at radius 3 is 2.54 bits per heavy atom. The van der Waals surface area contributed by atoms with Gasteiger partial charge in [0, 0.05) is 28.9 Å². The van der Waals surface area contributed by atoms with Gasteiger partial charge in [-0.1, -0.05) is 52.3 Å². The Morgan fingerprint density at radius 1 is 1.21 bits per heavy atom. The van der Waals surface area contributed by atoms with Gasteiger partial charge >= 0.3 is 0 Å². The third-order valence-electron chi connectivity index (χ3n) is 6.36. The Hall–Kier alpha value is -2.10. The summed E-state index contributed by atoms with van der Waals surface area (Å²) in [6, 6.07) is 4.42. The highest BCUT2D eigenvalue weighted by atomic mass is 16.5. The first-order valence-electron chi connectivity index (χ1n) is 10.8. The summed E-state index contributed by atoms with van der Waals surface area (Å²) in [6.45, 7) is 11.7. The molecule has 0 bridgehead atoms. The largest absolute Gasteiger partial charge is 0.492 e. The molecule has 0 aliphatic carbocycles. The minimum Gasteiger partial charge on any atom is -0.492 e. The minimum atomic E-state index is -0.177. The van der Waals surface area contributed by atoms with Crippen LogP contribution < -0.4 is 10.1 Å². The van der Waals surface area contributed by atoms with Gasteiger partial charge in [0.05, 0.1) is 6.61 Å². The summed E-state index contributed by atoms with van der Waals surface area (Å²) in [6.07, 6.45) is 7.06. The van der Waals surface area contributed by atoms with E-state index in [1.165, 1.54) is 11.1 Å². The van der Waals surface area contributed by atoms with Gasteiger partial charge in [-0.25, -0.2) is 0 Å². The smallest absolute Gasteiger partial charge is 0.230 e. The van der Waals surface area contributed by atoms with E-state index < -0.39 is 0 Å². The van der Waals surface area contributed by atoms with E-state index in [0.29, 0.717) is 19.3 Å². The lowest BCUT2D eigenvalue weighted by Crippen LogP contribution is -2.40. The van der Waals surface area contributed by atoms with Crippen molar-refractivity contribution in [3.8, 4) is 5.75 Å². The highest BCUT2D eigenvalue weighted by molar-refractivity contribution is 5.99. The number of carbonyl (C=O) groups is 2. The van der Waals surface area contributed by atoms with Gasteiger partial charge in [-0.05, 0) is 43.2 Å². The molecule has 2 amide bonds. The number of fused-ring (bicyclic) bond motifs is 1. The van der Waals surface area contributed by atoms with Crippen molar-refractivity contribution >= 4 is 17.4 Å². The number of benzene rings is 1. The van der Waals surface area contributed by atoms with E-state index in [-0.39, 0.29) is 23.1 Å². The average Bonchev–Trinajstić information content (AvgIpc) is 3.02. The number of allylic oxidation sites excluding steroid dienone is 1. The molecule has 0 spiro atoms. The number of ether oxygens (including phenoxy) is 1. The van der Waals surface area contributed by atoms with E-state index >= 15 is 0 Å². The zero-order chi connectivity index (χ0) is 20.3. The van der Waals surface area contributed by atoms with Crippen molar-refractivity contribution in [2.24, 2.45) is 5.92 Å². The fourth-order valence-corrected chi connectivity index (χ4v) is 5.02. The van der Waals surface area contributed by atoms with Gasteiger partial charge in [0.1, 0.15) is 5.75 Å². The van der Waals surface area contributed by atoms with Gasteiger partial charge in [-0.3, -0.25) is 14.9 Å². The fraction of sp³-hybridized carbons (Fsp3) is 0.583. The number of carbonyl (C=O) groups excluding carboxylic acids is 2. The van der Waals surface area contributed by atoms with Crippen molar-refractivity contribution < 1.29 is 14.3 Å². The number of nitrogens with one attached hydrogen (secondary N) is 1. The lowest BCUT2D eigenvalue weighted by molar-refractivity contribution is -0.136. The molecule has 1 atom stereocenters. The normalized spacial score (nSPS) is 20.5. The first-order valence-corrected chi connectivity index (χ1v) is 10.8. The van der Waals surface area contributed by atoms with Crippen molar-refractivity contribution in [1.82, 2.24) is 5.32 Å². The molecule has 3 rings (SSSR count). The Morgan fingerprint density at radius 2 is 1.93 bits per heavy atom. The SMILES string of the molecule is C=C(CC1CCC(=O)NC1=O)c1ccc2c(c1CC)OCC2(CCC)CCC. The molecule has 0 saturated carbocycles. The van der Waals surface area contributed by atoms with E-state index in [1.807, 2.05) is 0 Å². The Balaban J connectivity index is 1.89. The highest BCUT2D eigenvalue weighted by Gasteiger charge is 2.40. The maximum Gasteiger partial charge on any atom is 0.230 e. The molecular formula is C24H33NO3. The molecule has 1 saturated heterocycles. The van der Waals surface area contributed by atoms with Gasteiger partial charge < -0.3 is 4.74 Å². The van der Waals surface area contributed by atoms with E-state index in [0.717, 1.165) is 55.6 Å². The summed E-state index contributed by atoms with van der Waals surface area (Å²) >= 11 is 0. The van der Waals surface area contributed by atoms with E-state index in [9.17, 15) is 9.59 Å². The monoisotopic (exact) mass is 383 g/mol. The predicted molar refractivity (Wildman–Crippen MR) is 112 cm³/mol. The van der Waals surface area contributed by atoms with Gasteiger partial charge in [-0.15, -0.1) is 0 Å². The molecule has 1 unspecified atom stereocenters. The second-order valence-corrected chi connectivity index (χ2v) is 8.35. The molecule has 2 aliphatic heterocycles. The molecule has 4 heteroatoms. The van der Waals surface area contributed by atoms with Crippen LogP contribution in [0.2, 0.25) is 0 Å². The maximum absolute atomic E-state index is 12.1. The molecule has 152 valence electrons. The van der Waals surface area contributed by atoms with E-state index in [1.54, 1.807) is 0 Å². The van der Waals surface area contributed by atoms with Crippen LogP contribution in [0, 0.1) is 5.92 Å². The molecule has 2 heterocycles. The van der Waals surface area contributed by atoms with Crippen LogP contribution >= 0.6 is 0 Å². The molecule has 0 aromatic heterocycles. The summed E-state index contributed by atoms with van der Waals surface area (Å²) in [5, 5.41) is 2.45. The molecule has 1 aromatic carbocycles. The Bertz CT molecular complexity index is 774. The summed E-state index contributed by atoms with van der Waals surface area (Å²) in [7, 11) is 0. The van der Waals surface area contributed by atoms with Crippen LogP contribution in [-0.2, 0) is 21.4 Å². The summed E-state index contributed by atoms with van der Waals surface area (Å²) in [4.78, 5) is 23.5. The number of imide groups is 1. The Kier molecular flexibility index (Phi) is 6.26. The molecule has 4 nitrogen and oxygen atoms in total. The zero-order valence-electron chi connectivity index (χ0n) is 17.5. The molecule has 1 aromatic rings. The number of rotatable bonds is 8. The van der Waals surface area contributed by atoms with Gasteiger partial charge in [0.25, 0.3) is 0 Å². The van der Waals surface area contributed by atoms with Gasteiger partial charge in [-0.2, -0.15) is 0 Å². The number of piperidine rings is 1. The van der Waals surface area contributed by atoms with Crippen LogP contribution in [0.4, 0.5) is 0 Å². The number of amides is 2. The van der Waals surface area contributed by atoms with Crippen molar-refractivity contribution in [2.75, 3.05) is 6.61 Å². The summed E-state index contributed by atoms with van der Waals surface area (Å²) in [5.41, 5.74) is 4.76. The van der Waals surface area contributed by atoms with Crippen molar-refractivity contribution in [3.63, 3.8) is 0 Å². The third-order valence-corrected chi connectivity index (χ3v) is 6.36. The molecule has 2 aliphatic rings. The van der Waals surface area contributed by atoms with Crippen LogP contribution in [-0.4, -0.2) is 18.4 Å². The first-order chi connectivity index (χ1) is 13.5. The second kappa shape index (κ2) is 8.50. The zero-order valence-corrected chi connectivity index (χ0v) is 17.5. The van der Waals surface area contributed by atoms with Crippen LogP contribution in [0.15, 0.2) is 18.7 Å². The summed E-state index contributed by atoms with van der Waals surface area (Å²) in [5.74, 6) is 0.530. The topological polar surface area (TPSA) is 55.4 Å². The van der Waals surface area contributed by atoms with Crippen LogP contribution in [0.5, 0.6) is 5.75 Å². The van der Waals surface area contributed by atoms with Crippen LogP contribution in [0.1, 0.15) is 82.4 Å². The quantitative estimate of drug-likeness (QED) is 0.647. The van der Waals surface area contributed by atoms with Crippen molar-refractivity contribution in [3.05, 3.63) is 35.4 Å². The van der Waals surface area contributed by atoms with Gasteiger partial charge in [0.15, 0.2) is 0 Å². The number of hydrogen-bond donors (Lipinski definition) is 1. The van der Waals surface area contributed by atoms with Crippen molar-refractivity contribution in [2.45, 2.75) is 77.6 Å². The summed E-state index contributed by atoms with van der Waals surface area (Å²) < 4.78 is 6.29.